The molecule has 0 spiro atoms. The monoisotopic (exact) mass is 784 g/mol. The fourth-order valence-corrected chi connectivity index (χ4v) is 9.45. The van der Waals surface area contributed by atoms with Gasteiger partial charge in [0, 0.05) is 24.5 Å². The smallest absolute Gasteiger partial charge is 0.442 e. The van der Waals surface area contributed by atoms with E-state index >= 15 is 0 Å². The van der Waals surface area contributed by atoms with E-state index in [0.717, 1.165) is 24.5 Å². The first-order valence-corrected chi connectivity index (χ1v) is 19.1. The summed E-state index contributed by atoms with van der Waals surface area (Å²) in [7, 11) is -18.3. The van der Waals surface area contributed by atoms with Crippen molar-refractivity contribution in [2.45, 2.75) is 49.1 Å². The van der Waals surface area contributed by atoms with Crippen molar-refractivity contribution in [3.63, 3.8) is 0 Å². The molecule has 3 radical (unpaired) electrons. The van der Waals surface area contributed by atoms with Crippen molar-refractivity contribution in [2.24, 2.45) is 0 Å². The van der Waals surface area contributed by atoms with Crippen molar-refractivity contribution in [2.75, 3.05) is 13.2 Å². The third-order valence-electron chi connectivity index (χ3n) is 6.37. The second-order valence-electron chi connectivity index (χ2n) is 9.91. The van der Waals surface area contributed by atoms with Gasteiger partial charge in [0.15, 0.2) is 12.5 Å². The topological polar surface area (TPSA) is 384 Å². The van der Waals surface area contributed by atoms with Crippen LogP contribution in [0.25, 0.3) is 0 Å². The average molecular weight is 784 g/mol. The number of phosphoric acid groups is 3. The number of H-pyrrole nitrogens is 2. The molecule has 49 heavy (non-hydrogen) atoms. The van der Waals surface area contributed by atoms with Crippen LogP contribution in [0.15, 0.2) is 43.7 Å². The molecule has 4 unspecified atom stereocenters. The van der Waals surface area contributed by atoms with E-state index in [9.17, 15) is 72.5 Å². The van der Waals surface area contributed by atoms with E-state index in [1.165, 1.54) is 0 Å². The molecule has 273 valence electrons. The zero-order valence-electron chi connectivity index (χ0n) is 23.9. The highest BCUT2D eigenvalue weighted by Crippen LogP contribution is 2.71. The van der Waals surface area contributed by atoms with Gasteiger partial charge < -0.3 is 56.7 Å². The van der Waals surface area contributed by atoms with Gasteiger partial charge in [-0.3, -0.25) is 37.7 Å². The van der Waals surface area contributed by atoms with Gasteiger partial charge in [0.25, 0.3) is 11.1 Å². The van der Waals surface area contributed by atoms with Crippen molar-refractivity contribution >= 4 is 38.5 Å². The maximum Gasteiger partial charge on any atom is 0.485 e. The van der Waals surface area contributed by atoms with Gasteiger partial charge in [0.1, 0.15) is 36.6 Å². The summed E-state index contributed by atoms with van der Waals surface area (Å²) in [5, 5.41) is 40.8. The van der Waals surface area contributed by atoms with Gasteiger partial charge in [-0.05, 0) is 0 Å². The lowest BCUT2D eigenvalue weighted by Crippen LogP contribution is -2.37. The van der Waals surface area contributed by atoms with Crippen molar-refractivity contribution in [3.8, 4) is 0 Å². The summed E-state index contributed by atoms with van der Waals surface area (Å²) < 4.78 is 81.7. The first-order valence-electron chi connectivity index (χ1n) is 13.0. The van der Waals surface area contributed by atoms with Crippen LogP contribution in [0, 0.1) is 0 Å². The molecule has 2 saturated heterocycles. The lowest BCUT2D eigenvalue weighted by Gasteiger charge is -2.29. The lowest BCUT2D eigenvalue weighted by atomic mass is 10.1. The quantitative estimate of drug-likeness (QED) is 0.0651. The summed E-state index contributed by atoms with van der Waals surface area (Å²) >= 11 is 0. The number of aliphatic hydroxyl groups excluding tert-OH is 4. The van der Waals surface area contributed by atoms with E-state index in [-0.39, 0.29) is 0 Å². The number of rotatable bonds is 14. The number of phosphoric ester groups is 2. The van der Waals surface area contributed by atoms with E-state index in [0.29, 0.717) is 9.13 Å². The summed E-state index contributed by atoms with van der Waals surface area (Å²) in [5.74, 6) is 0. The summed E-state index contributed by atoms with van der Waals surface area (Å²) in [4.78, 5) is 79.6. The number of hydrogen-bond acceptors (Lipinski definition) is 19. The van der Waals surface area contributed by atoms with Crippen LogP contribution < -0.4 is 22.5 Å². The van der Waals surface area contributed by atoms with Crippen LogP contribution in [0.1, 0.15) is 12.5 Å². The fourth-order valence-electron chi connectivity index (χ4n) is 4.28. The molecular formula is C18H25BN4O22P4-. The van der Waals surface area contributed by atoms with Crippen molar-refractivity contribution < 1.29 is 84.8 Å². The number of aromatic nitrogens is 4. The normalized spacial score (nSPS) is 32.2. The summed E-state index contributed by atoms with van der Waals surface area (Å²) in [6.45, 7) is -2.34. The van der Waals surface area contributed by atoms with Gasteiger partial charge in [-0.15, -0.1) is 0 Å². The molecule has 2 aliphatic heterocycles. The first kappa shape index (κ1) is 39.6. The number of nitrogens with one attached hydrogen (secondary N) is 2. The number of nitrogens with zero attached hydrogens (tertiary/aromatic N) is 2. The molecule has 26 nitrogen and oxygen atoms in total. The SMILES string of the molecule is [B-]P(=O)(OP(=O)(O)OC[C@H]1O[C@@H](n2ccc(=O)[nH]c2=O)[C@H](O)[C@@H]1O)OP(=O)(O)OP(=O)(O)OC[C@H]1O[C@@H](n2ccc(=O)[nH]c2=O)[C@H](O)[C@@H]1O. The third-order valence-corrected chi connectivity index (χ3v) is 12.4. The van der Waals surface area contributed by atoms with E-state index < -0.39 is 116 Å². The molecule has 2 fully saturated rings. The second kappa shape index (κ2) is 14.8. The zero-order chi connectivity index (χ0) is 36.7. The van der Waals surface area contributed by atoms with Gasteiger partial charge in [0.2, 0.25) is 0 Å². The Labute approximate surface area is 271 Å². The fraction of sp³-hybridized carbons (Fsp3) is 0.556. The molecule has 2 aromatic heterocycles. The van der Waals surface area contributed by atoms with Crippen LogP contribution in [0.4, 0.5) is 0 Å². The Bertz CT molecular complexity index is 1830. The average Bonchev–Trinajstić information content (AvgIpc) is 3.38. The lowest BCUT2D eigenvalue weighted by molar-refractivity contribution is -0.0543. The van der Waals surface area contributed by atoms with Crippen molar-refractivity contribution in [3.05, 3.63) is 66.2 Å². The molecule has 0 aromatic carbocycles. The minimum atomic E-state index is -6.12. The van der Waals surface area contributed by atoms with E-state index in [4.69, 9.17) is 17.0 Å². The molecule has 0 bridgehead atoms. The Morgan fingerprint density at radius 2 is 1.02 bits per heavy atom. The van der Waals surface area contributed by atoms with E-state index in [2.05, 4.69) is 22.0 Å². The Hall–Kier alpha value is -2.22. The molecule has 2 aromatic rings. The van der Waals surface area contributed by atoms with Crippen LogP contribution in [0.3, 0.4) is 0 Å². The highest BCUT2D eigenvalue weighted by Gasteiger charge is 2.47. The Morgan fingerprint density at radius 3 is 1.41 bits per heavy atom. The van der Waals surface area contributed by atoms with Gasteiger partial charge in [-0.2, -0.15) is 4.31 Å². The first-order chi connectivity index (χ1) is 22.5. The second-order valence-corrected chi connectivity index (χ2v) is 16.3. The van der Waals surface area contributed by atoms with Gasteiger partial charge in [-0.25, -0.2) is 31.9 Å². The summed E-state index contributed by atoms with van der Waals surface area (Å²) in [6.07, 6.45) is -12.4. The van der Waals surface area contributed by atoms with E-state index in [1.54, 1.807) is 0 Å². The largest absolute Gasteiger partial charge is 0.485 e. The minimum Gasteiger partial charge on any atom is -0.442 e. The number of hydrogen-bond donors (Lipinski definition) is 9. The van der Waals surface area contributed by atoms with Crippen LogP contribution in [0.2, 0.25) is 0 Å². The Kier molecular flexibility index (Phi) is 11.9. The van der Waals surface area contributed by atoms with Gasteiger partial charge >= 0.3 is 34.8 Å². The predicted molar refractivity (Wildman–Crippen MR) is 152 cm³/mol. The summed E-state index contributed by atoms with van der Waals surface area (Å²) in [5.41, 5.74) is -3.73. The molecular weight excluding hydrogens is 759 g/mol. The molecule has 4 rings (SSSR count). The van der Waals surface area contributed by atoms with Crippen molar-refractivity contribution in [1.82, 2.24) is 19.1 Å². The third kappa shape index (κ3) is 9.98. The van der Waals surface area contributed by atoms with Crippen LogP contribution in [-0.2, 0) is 49.7 Å². The summed E-state index contributed by atoms with van der Waals surface area (Å²) in [6, 6.07) is 1.76. The standard InChI is InChI=1S/C18H25BN4O22P4/c19-46(32,43-47(33,34)39-5-7-11(26)13(28)15(41-7)22-3-1-9(24)20-17(22)30)44-49(37,38)45-48(35,36)40-6-8-12(27)14(29)16(42-8)23-4-2-10(25)21-18(23)31/h1-4,7-8,11-16,26-29H,5-6H2,(H,33,34)(H,35,36)(H,37,38)(H,20,24,30)(H,21,25,31)/q-1/t7-,8-,11-,12-,13-,14-,15-,16-,46?/m1/s1. The zero-order valence-corrected chi connectivity index (χ0v) is 27.4. The van der Waals surface area contributed by atoms with Crippen LogP contribution in [-0.4, -0.2) is 112 Å². The predicted octanol–water partition coefficient (Wildman–Crippen LogP) is -4.01. The molecule has 0 amide bonds. The molecule has 0 aliphatic carbocycles. The van der Waals surface area contributed by atoms with Gasteiger partial charge in [-0.1, -0.05) is 0 Å². The molecule has 2 aliphatic rings. The maximum atomic E-state index is 12.4. The molecule has 0 saturated carbocycles. The number of aliphatic hydroxyl groups is 4. The Balaban J connectivity index is 1.31. The Morgan fingerprint density at radius 1 is 0.653 bits per heavy atom. The highest BCUT2D eigenvalue weighted by atomic mass is 31.3. The highest BCUT2D eigenvalue weighted by molar-refractivity contribution is 7.87. The maximum absolute atomic E-state index is 12.4. The van der Waals surface area contributed by atoms with Gasteiger partial charge in [0.05, 0.1) is 20.7 Å². The van der Waals surface area contributed by atoms with Crippen molar-refractivity contribution in [1.29, 1.82) is 0 Å². The molecule has 9 N–H and O–H groups in total. The van der Waals surface area contributed by atoms with Crippen LogP contribution in [0.5, 0.6) is 0 Å². The number of ether oxygens (including phenoxy) is 2. The van der Waals surface area contributed by atoms with E-state index in [1.807, 2.05) is 9.97 Å². The molecule has 4 heterocycles. The number of aromatic amines is 2. The molecule has 31 heteroatoms. The van der Waals surface area contributed by atoms with Crippen LogP contribution >= 0.6 is 30.9 Å². The molecule has 12 atom stereocenters. The minimum absolute atomic E-state index is 0.655.